The molecule has 19 heavy (non-hydrogen) atoms. The molecule has 102 valence electrons. The average Bonchev–Trinajstić information content (AvgIpc) is 2.64. The van der Waals surface area contributed by atoms with E-state index in [2.05, 4.69) is 16.5 Å². The smallest absolute Gasteiger partial charge is 0.127 e. The van der Waals surface area contributed by atoms with Gasteiger partial charge in [-0.15, -0.1) is 11.6 Å². The quantitative estimate of drug-likeness (QED) is 0.698. The molecule has 2 nitrogen and oxygen atoms in total. The molecule has 0 bridgehead atoms. The van der Waals surface area contributed by atoms with Gasteiger partial charge >= 0.3 is 0 Å². The molecule has 2 aromatic rings. The summed E-state index contributed by atoms with van der Waals surface area (Å²) in [5.41, 5.74) is 2.09. The van der Waals surface area contributed by atoms with Gasteiger partial charge in [0.25, 0.3) is 0 Å². The average molecular weight is 297 g/mol. The minimum atomic E-state index is -0.0892. The van der Waals surface area contributed by atoms with Crippen LogP contribution in [-0.2, 0) is 0 Å². The third-order valence-corrected chi connectivity index (χ3v) is 4.70. The van der Waals surface area contributed by atoms with Crippen molar-refractivity contribution < 1.29 is 0 Å². The molecule has 0 aliphatic heterocycles. The molecule has 1 fully saturated rings. The zero-order valence-corrected chi connectivity index (χ0v) is 12.7. The van der Waals surface area contributed by atoms with E-state index in [-0.39, 0.29) is 5.38 Å². The molecular weight excluding hydrogens is 279 g/mol. The van der Waals surface area contributed by atoms with E-state index in [1.165, 1.54) is 19.3 Å². The fourth-order valence-corrected chi connectivity index (χ4v) is 3.25. The van der Waals surface area contributed by atoms with Crippen LogP contribution in [0.15, 0.2) is 18.2 Å². The van der Waals surface area contributed by atoms with E-state index in [4.69, 9.17) is 23.2 Å². The van der Waals surface area contributed by atoms with Crippen molar-refractivity contribution >= 4 is 34.2 Å². The second-order valence-electron chi connectivity index (χ2n) is 5.52. The van der Waals surface area contributed by atoms with Crippen molar-refractivity contribution in [3.05, 3.63) is 29.0 Å². The number of halogens is 2. The standard InChI is InChI=1S/C15H18Cl2N2/c1-9(16)15-18-13-7-6-12(17)8-14(13)19(15)10(2)11-4-3-5-11/h6-11H,3-5H2,1-2H3. The van der Waals surface area contributed by atoms with Gasteiger partial charge in [0, 0.05) is 11.1 Å². The Morgan fingerprint density at radius 3 is 2.63 bits per heavy atom. The number of imidazole rings is 1. The summed E-state index contributed by atoms with van der Waals surface area (Å²) in [6, 6.07) is 6.30. The maximum Gasteiger partial charge on any atom is 0.127 e. The summed E-state index contributed by atoms with van der Waals surface area (Å²) < 4.78 is 2.29. The number of aromatic nitrogens is 2. The minimum Gasteiger partial charge on any atom is -0.324 e. The second-order valence-corrected chi connectivity index (χ2v) is 6.61. The Morgan fingerprint density at radius 1 is 1.32 bits per heavy atom. The molecule has 0 radical (unpaired) electrons. The van der Waals surface area contributed by atoms with Crippen LogP contribution in [0.3, 0.4) is 0 Å². The van der Waals surface area contributed by atoms with Gasteiger partial charge in [0.05, 0.1) is 16.4 Å². The van der Waals surface area contributed by atoms with Crippen molar-refractivity contribution in [2.24, 2.45) is 5.92 Å². The number of nitrogens with zero attached hydrogens (tertiary/aromatic N) is 2. The second kappa shape index (κ2) is 4.99. The van der Waals surface area contributed by atoms with Gasteiger partial charge in [-0.25, -0.2) is 4.98 Å². The van der Waals surface area contributed by atoms with Crippen molar-refractivity contribution in [3.63, 3.8) is 0 Å². The first kappa shape index (κ1) is 13.3. The van der Waals surface area contributed by atoms with Crippen LogP contribution in [0.1, 0.15) is 50.4 Å². The normalized spacial score (nSPS) is 19.4. The van der Waals surface area contributed by atoms with Gasteiger partial charge in [-0.3, -0.25) is 0 Å². The molecule has 1 heterocycles. The molecule has 2 atom stereocenters. The van der Waals surface area contributed by atoms with E-state index in [1.807, 2.05) is 25.1 Å². The van der Waals surface area contributed by atoms with Crippen LogP contribution < -0.4 is 0 Å². The molecule has 2 unspecified atom stereocenters. The van der Waals surface area contributed by atoms with Gasteiger partial charge in [-0.05, 0) is 50.8 Å². The summed E-state index contributed by atoms with van der Waals surface area (Å²) in [4.78, 5) is 4.69. The van der Waals surface area contributed by atoms with Crippen LogP contribution in [-0.4, -0.2) is 9.55 Å². The van der Waals surface area contributed by atoms with E-state index >= 15 is 0 Å². The molecule has 0 spiro atoms. The van der Waals surface area contributed by atoms with Crippen LogP contribution in [0.4, 0.5) is 0 Å². The van der Waals surface area contributed by atoms with E-state index in [1.54, 1.807) is 0 Å². The molecule has 4 heteroatoms. The van der Waals surface area contributed by atoms with Gasteiger partial charge in [0.2, 0.25) is 0 Å². The Morgan fingerprint density at radius 2 is 2.05 bits per heavy atom. The Kier molecular flexibility index (Phi) is 3.48. The number of alkyl halides is 1. The highest BCUT2D eigenvalue weighted by Gasteiger charge is 2.29. The molecule has 1 aliphatic carbocycles. The molecule has 0 amide bonds. The lowest BCUT2D eigenvalue weighted by Crippen LogP contribution is -2.24. The highest BCUT2D eigenvalue weighted by molar-refractivity contribution is 6.31. The summed E-state index contributed by atoms with van der Waals surface area (Å²) in [7, 11) is 0. The predicted molar refractivity (Wildman–Crippen MR) is 81.1 cm³/mol. The molecule has 0 N–H and O–H groups in total. The van der Waals surface area contributed by atoms with Crippen molar-refractivity contribution in [2.45, 2.75) is 44.5 Å². The van der Waals surface area contributed by atoms with Crippen LogP contribution in [0.5, 0.6) is 0 Å². The first-order valence-electron chi connectivity index (χ1n) is 6.89. The first-order chi connectivity index (χ1) is 9.08. The van der Waals surface area contributed by atoms with Crippen LogP contribution in [0.25, 0.3) is 11.0 Å². The molecule has 1 aromatic carbocycles. The Labute approximate surface area is 123 Å². The Balaban J connectivity index is 2.17. The minimum absolute atomic E-state index is 0.0892. The monoisotopic (exact) mass is 296 g/mol. The highest BCUT2D eigenvalue weighted by atomic mass is 35.5. The summed E-state index contributed by atoms with van der Waals surface area (Å²) in [6.45, 7) is 4.25. The summed E-state index contributed by atoms with van der Waals surface area (Å²) in [5, 5.41) is 0.664. The van der Waals surface area contributed by atoms with Gasteiger partial charge in [-0.2, -0.15) is 0 Å². The summed E-state index contributed by atoms with van der Waals surface area (Å²) in [6.07, 6.45) is 3.95. The van der Waals surface area contributed by atoms with Crippen molar-refractivity contribution in [3.8, 4) is 0 Å². The maximum atomic E-state index is 6.31. The van der Waals surface area contributed by atoms with E-state index in [0.717, 1.165) is 27.8 Å². The third-order valence-electron chi connectivity index (χ3n) is 4.27. The van der Waals surface area contributed by atoms with Crippen LogP contribution in [0.2, 0.25) is 5.02 Å². The van der Waals surface area contributed by atoms with Gasteiger partial charge in [0.1, 0.15) is 5.82 Å². The van der Waals surface area contributed by atoms with Gasteiger partial charge in [0.15, 0.2) is 0 Å². The third kappa shape index (κ3) is 2.25. The molecule has 1 aromatic heterocycles. The topological polar surface area (TPSA) is 17.8 Å². The molecule has 0 saturated heterocycles. The summed E-state index contributed by atoms with van der Waals surface area (Å²) in [5.74, 6) is 1.70. The molecule has 3 rings (SSSR count). The van der Waals surface area contributed by atoms with E-state index in [0.29, 0.717) is 6.04 Å². The lowest BCUT2D eigenvalue weighted by atomic mass is 9.80. The van der Waals surface area contributed by atoms with Gasteiger partial charge < -0.3 is 4.57 Å². The fraction of sp³-hybridized carbons (Fsp3) is 0.533. The van der Waals surface area contributed by atoms with E-state index in [9.17, 15) is 0 Å². The van der Waals surface area contributed by atoms with Crippen LogP contribution >= 0.6 is 23.2 Å². The first-order valence-corrected chi connectivity index (χ1v) is 7.71. The van der Waals surface area contributed by atoms with Gasteiger partial charge in [-0.1, -0.05) is 18.0 Å². The largest absolute Gasteiger partial charge is 0.324 e. The molecule has 1 saturated carbocycles. The van der Waals surface area contributed by atoms with Crippen molar-refractivity contribution in [1.82, 2.24) is 9.55 Å². The number of hydrogen-bond donors (Lipinski definition) is 0. The molecular formula is C15H18Cl2N2. The zero-order valence-electron chi connectivity index (χ0n) is 11.2. The highest BCUT2D eigenvalue weighted by Crippen LogP contribution is 2.40. The van der Waals surface area contributed by atoms with E-state index < -0.39 is 0 Å². The van der Waals surface area contributed by atoms with Crippen LogP contribution in [0, 0.1) is 5.92 Å². The predicted octanol–water partition coefficient (Wildman–Crippen LogP) is 5.35. The fourth-order valence-electron chi connectivity index (χ4n) is 2.93. The number of rotatable bonds is 3. The molecule has 1 aliphatic rings. The maximum absolute atomic E-state index is 6.31. The lowest BCUT2D eigenvalue weighted by molar-refractivity contribution is 0.223. The lowest BCUT2D eigenvalue weighted by Gasteiger charge is -2.33. The van der Waals surface area contributed by atoms with Crippen molar-refractivity contribution in [2.75, 3.05) is 0 Å². The van der Waals surface area contributed by atoms with Crippen molar-refractivity contribution in [1.29, 1.82) is 0 Å². The Hall–Kier alpha value is -0.730. The summed E-state index contributed by atoms with van der Waals surface area (Å²) >= 11 is 12.5. The Bertz CT molecular complexity index is 599. The number of fused-ring (bicyclic) bond motifs is 1. The SMILES string of the molecule is CC(Cl)c1nc2ccc(Cl)cc2n1C(C)C1CCC1. The zero-order chi connectivity index (χ0) is 13.6. The number of benzene rings is 1. The number of hydrogen-bond acceptors (Lipinski definition) is 1.